The Morgan fingerprint density at radius 3 is 2.90 bits per heavy atom. The van der Waals surface area contributed by atoms with Crippen molar-refractivity contribution in [2.45, 2.75) is 52.2 Å². The van der Waals surface area contributed by atoms with Gasteiger partial charge in [0.05, 0.1) is 11.9 Å². The average Bonchev–Trinajstić information content (AvgIpc) is 2.66. The second-order valence-electron chi connectivity index (χ2n) is 6.41. The van der Waals surface area contributed by atoms with Gasteiger partial charge in [-0.05, 0) is 38.1 Å². The molecule has 1 fully saturated rings. The highest BCUT2D eigenvalue weighted by Crippen LogP contribution is 2.25. The van der Waals surface area contributed by atoms with Crippen molar-refractivity contribution in [3.8, 4) is 0 Å². The molecule has 4 nitrogen and oxygen atoms in total. The molecule has 1 saturated heterocycles. The van der Waals surface area contributed by atoms with E-state index in [-0.39, 0.29) is 0 Å². The maximum absolute atomic E-state index is 4.38. The van der Waals surface area contributed by atoms with Gasteiger partial charge < -0.3 is 15.1 Å². The Balaban J connectivity index is 2.21. The van der Waals surface area contributed by atoms with Crippen LogP contribution in [0, 0.1) is 0 Å². The monoisotopic (exact) mass is 290 g/mol. The van der Waals surface area contributed by atoms with E-state index in [1.165, 1.54) is 30.6 Å². The lowest BCUT2D eigenvalue weighted by Gasteiger charge is -2.33. The van der Waals surface area contributed by atoms with Gasteiger partial charge in [0.1, 0.15) is 0 Å². The predicted molar refractivity (Wildman–Crippen MR) is 89.8 cm³/mol. The number of rotatable bonds is 5. The molecule has 4 heteroatoms. The molecule has 1 atom stereocenters. The Labute approximate surface area is 129 Å². The molecule has 0 radical (unpaired) electrons. The highest BCUT2D eigenvalue weighted by molar-refractivity contribution is 5.53. The van der Waals surface area contributed by atoms with Crippen LogP contribution in [0.2, 0.25) is 0 Å². The van der Waals surface area contributed by atoms with E-state index in [4.69, 9.17) is 0 Å². The minimum absolute atomic E-state index is 0.503. The van der Waals surface area contributed by atoms with Crippen LogP contribution in [-0.2, 0) is 6.54 Å². The van der Waals surface area contributed by atoms with Crippen molar-refractivity contribution >= 4 is 5.69 Å². The van der Waals surface area contributed by atoms with E-state index < -0.39 is 0 Å². The number of pyridine rings is 1. The largest absolute Gasteiger partial charge is 0.366 e. The summed E-state index contributed by atoms with van der Waals surface area (Å²) >= 11 is 0. The molecule has 2 rings (SSSR count). The third-order valence-electron chi connectivity index (χ3n) is 4.27. The van der Waals surface area contributed by atoms with Gasteiger partial charge in [-0.3, -0.25) is 4.98 Å². The normalized spacial score (nSPS) is 20.8. The number of nitrogens with one attached hydrogen (secondary N) is 1. The molecule has 1 unspecified atom stereocenters. The Hall–Kier alpha value is -1.13. The molecule has 1 N–H and O–H groups in total. The van der Waals surface area contributed by atoms with Gasteiger partial charge in [0, 0.05) is 37.9 Å². The lowest BCUT2D eigenvalue weighted by atomic mass is 10.1. The van der Waals surface area contributed by atoms with E-state index >= 15 is 0 Å². The summed E-state index contributed by atoms with van der Waals surface area (Å²) in [4.78, 5) is 9.42. The Kier molecular flexibility index (Phi) is 6.00. The Morgan fingerprint density at radius 1 is 1.38 bits per heavy atom. The molecule has 0 spiro atoms. The zero-order valence-electron chi connectivity index (χ0n) is 14.0. The molecule has 0 bridgehead atoms. The van der Waals surface area contributed by atoms with Gasteiger partial charge >= 0.3 is 0 Å². The van der Waals surface area contributed by atoms with E-state index in [1.807, 2.05) is 12.4 Å². The van der Waals surface area contributed by atoms with Gasteiger partial charge in [-0.25, -0.2) is 0 Å². The van der Waals surface area contributed by atoms with Crippen molar-refractivity contribution in [2.24, 2.45) is 0 Å². The summed E-state index contributed by atoms with van der Waals surface area (Å²) < 4.78 is 0. The molecule has 1 aliphatic rings. The topological polar surface area (TPSA) is 31.4 Å². The number of aromatic nitrogens is 1. The van der Waals surface area contributed by atoms with Crippen molar-refractivity contribution < 1.29 is 0 Å². The summed E-state index contributed by atoms with van der Waals surface area (Å²) in [6.45, 7) is 11.0. The van der Waals surface area contributed by atoms with Gasteiger partial charge in [0.25, 0.3) is 0 Å². The van der Waals surface area contributed by atoms with Crippen LogP contribution in [-0.4, -0.2) is 48.6 Å². The van der Waals surface area contributed by atoms with E-state index in [0.717, 1.165) is 19.6 Å². The van der Waals surface area contributed by atoms with Gasteiger partial charge in [-0.15, -0.1) is 0 Å². The van der Waals surface area contributed by atoms with Gasteiger partial charge in [0.15, 0.2) is 0 Å². The van der Waals surface area contributed by atoms with E-state index in [1.54, 1.807) is 0 Å². The fourth-order valence-corrected chi connectivity index (χ4v) is 3.05. The fourth-order valence-electron chi connectivity index (χ4n) is 3.05. The standard InChI is InChI=1S/C17H30N4/c1-5-16-13-20(4)9-6-10-21(16)17-12-18-8-7-15(17)11-19-14(2)3/h7-8,12,14,16,19H,5-6,9-11,13H2,1-4H3. The van der Waals surface area contributed by atoms with Crippen LogP contribution in [0.1, 0.15) is 39.2 Å². The molecular weight excluding hydrogens is 260 g/mol. The van der Waals surface area contributed by atoms with Gasteiger partial charge in [0.2, 0.25) is 0 Å². The van der Waals surface area contributed by atoms with E-state index in [0.29, 0.717) is 12.1 Å². The summed E-state index contributed by atoms with van der Waals surface area (Å²) in [6.07, 6.45) is 6.35. The molecule has 21 heavy (non-hydrogen) atoms. The summed E-state index contributed by atoms with van der Waals surface area (Å²) in [7, 11) is 2.23. The summed E-state index contributed by atoms with van der Waals surface area (Å²) in [6, 6.07) is 3.24. The molecular formula is C17H30N4. The SMILES string of the molecule is CCC1CN(C)CCCN1c1cnccc1CNC(C)C. The van der Waals surface area contributed by atoms with Gasteiger partial charge in [-0.1, -0.05) is 20.8 Å². The number of likely N-dealkylation sites (N-methyl/N-ethyl adjacent to an activating group) is 1. The second kappa shape index (κ2) is 7.76. The molecule has 1 aromatic rings. The molecule has 0 aliphatic carbocycles. The molecule has 0 saturated carbocycles. The van der Waals surface area contributed by atoms with Crippen molar-refractivity contribution in [1.29, 1.82) is 0 Å². The zero-order chi connectivity index (χ0) is 15.2. The fraction of sp³-hybridized carbons (Fsp3) is 0.706. The van der Waals surface area contributed by atoms with Crippen molar-refractivity contribution in [1.82, 2.24) is 15.2 Å². The first-order chi connectivity index (χ1) is 10.1. The highest BCUT2D eigenvalue weighted by Gasteiger charge is 2.24. The Morgan fingerprint density at radius 2 is 2.19 bits per heavy atom. The summed E-state index contributed by atoms with van der Waals surface area (Å²) in [5.74, 6) is 0. The first kappa shape index (κ1) is 16.2. The Bertz CT molecular complexity index is 433. The second-order valence-corrected chi connectivity index (χ2v) is 6.41. The number of anilines is 1. The maximum Gasteiger partial charge on any atom is 0.0601 e. The molecule has 118 valence electrons. The first-order valence-corrected chi connectivity index (χ1v) is 8.23. The van der Waals surface area contributed by atoms with E-state index in [2.05, 4.69) is 54.0 Å². The third kappa shape index (κ3) is 4.42. The third-order valence-corrected chi connectivity index (χ3v) is 4.27. The highest BCUT2D eigenvalue weighted by atomic mass is 15.2. The average molecular weight is 290 g/mol. The van der Waals surface area contributed by atoms with Crippen LogP contribution >= 0.6 is 0 Å². The maximum atomic E-state index is 4.38. The van der Waals surface area contributed by atoms with Crippen LogP contribution in [0.15, 0.2) is 18.5 Å². The molecule has 1 aliphatic heterocycles. The number of nitrogens with zero attached hydrogens (tertiary/aromatic N) is 3. The van der Waals surface area contributed by atoms with Crippen LogP contribution < -0.4 is 10.2 Å². The van der Waals surface area contributed by atoms with Gasteiger partial charge in [-0.2, -0.15) is 0 Å². The predicted octanol–water partition coefficient (Wildman–Crippen LogP) is 2.50. The minimum Gasteiger partial charge on any atom is -0.366 e. The quantitative estimate of drug-likeness (QED) is 0.903. The first-order valence-electron chi connectivity index (χ1n) is 8.23. The zero-order valence-corrected chi connectivity index (χ0v) is 14.0. The van der Waals surface area contributed by atoms with Crippen LogP contribution in [0.4, 0.5) is 5.69 Å². The smallest absolute Gasteiger partial charge is 0.0601 e. The molecule has 0 amide bonds. The lowest BCUT2D eigenvalue weighted by molar-refractivity contribution is 0.328. The summed E-state index contributed by atoms with van der Waals surface area (Å²) in [5, 5.41) is 3.53. The molecule has 2 heterocycles. The van der Waals surface area contributed by atoms with Crippen LogP contribution in [0.25, 0.3) is 0 Å². The van der Waals surface area contributed by atoms with Crippen molar-refractivity contribution in [3.63, 3.8) is 0 Å². The number of hydrogen-bond acceptors (Lipinski definition) is 4. The van der Waals surface area contributed by atoms with Crippen molar-refractivity contribution in [3.05, 3.63) is 24.0 Å². The van der Waals surface area contributed by atoms with Crippen LogP contribution in [0.3, 0.4) is 0 Å². The number of hydrogen-bond donors (Lipinski definition) is 1. The van der Waals surface area contributed by atoms with E-state index in [9.17, 15) is 0 Å². The minimum atomic E-state index is 0.503. The summed E-state index contributed by atoms with van der Waals surface area (Å²) in [5.41, 5.74) is 2.68. The van der Waals surface area contributed by atoms with Crippen molar-refractivity contribution in [2.75, 3.05) is 31.6 Å². The molecule has 0 aromatic carbocycles. The lowest BCUT2D eigenvalue weighted by Crippen LogP contribution is -2.40. The molecule has 1 aromatic heterocycles. The van der Waals surface area contributed by atoms with Crippen LogP contribution in [0.5, 0.6) is 0 Å².